The average Bonchev–Trinajstić information content (AvgIpc) is 2.78. The molecule has 0 aliphatic rings. The van der Waals surface area contributed by atoms with Crippen LogP contribution in [0, 0.1) is 13.8 Å². The second-order valence-electron chi connectivity index (χ2n) is 4.65. The number of nitrogens with one attached hydrogen (secondary N) is 3. The van der Waals surface area contributed by atoms with Crippen molar-refractivity contribution in [3.63, 3.8) is 0 Å². The molecule has 0 radical (unpaired) electrons. The number of aryl methyl sites for hydroxylation is 2. The summed E-state index contributed by atoms with van der Waals surface area (Å²) in [5.74, 6) is 0.574. The van der Waals surface area contributed by atoms with Gasteiger partial charge >= 0.3 is 0 Å². The van der Waals surface area contributed by atoms with Crippen LogP contribution in [-0.2, 0) is 11.3 Å². The normalized spacial score (nSPS) is 10.8. The number of aromatic nitrogens is 1. The first-order valence-electron chi connectivity index (χ1n) is 7.28. The molecule has 126 valence electrons. The highest BCUT2D eigenvalue weighted by Gasteiger charge is 2.05. The summed E-state index contributed by atoms with van der Waals surface area (Å²) in [6.07, 6.45) is 0.927. The Bertz CT molecular complexity index is 470. The van der Waals surface area contributed by atoms with Crippen LogP contribution in [0.1, 0.15) is 35.8 Å². The lowest BCUT2D eigenvalue weighted by Gasteiger charge is -2.10. The number of hydrogen-bond donors (Lipinski definition) is 3. The van der Waals surface area contributed by atoms with E-state index in [1.165, 1.54) is 4.88 Å². The zero-order chi connectivity index (χ0) is 15.7. The highest BCUT2D eigenvalue weighted by atomic mass is 127. The molecular weight excluding hydrogens is 413 g/mol. The summed E-state index contributed by atoms with van der Waals surface area (Å²) in [5.41, 5.74) is 1.07. The van der Waals surface area contributed by atoms with E-state index in [-0.39, 0.29) is 36.4 Å². The Labute approximate surface area is 153 Å². The maximum atomic E-state index is 11.5. The van der Waals surface area contributed by atoms with Crippen LogP contribution < -0.4 is 16.0 Å². The van der Waals surface area contributed by atoms with Gasteiger partial charge in [-0.3, -0.25) is 4.79 Å². The van der Waals surface area contributed by atoms with Gasteiger partial charge in [0.05, 0.1) is 12.2 Å². The van der Waals surface area contributed by atoms with Gasteiger partial charge in [0.2, 0.25) is 5.91 Å². The second-order valence-corrected chi connectivity index (χ2v) is 5.94. The molecule has 0 unspecified atom stereocenters. The maximum absolute atomic E-state index is 11.5. The predicted molar refractivity (Wildman–Crippen MR) is 103 cm³/mol. The summed E-state index contributed by atoms with van der Waals surface area (Å²) >= 11 is 1.67. The van der Waals surface area contributed by atoms with Gasteiger partial charge in [-0.05, 0) is 27.2 Å². The molecule has 0 bridgehead atoms. The molecule has 0 saturated heterocycles. The first-order valence-corrected chi connectivity index (χ1v) is 8.10. The van der Waals surface area contributed by atoms with Gasteiger partial charge in [-0.1, -0.05) is 6.92 Å². The topological polar surface area (TPSA) is 78.4 Å². The molecule has 6 nitrogen and oxygen atoms in total. The summed E-state index contributed by atoms with van der Waals surface area (Å²) in [6.45, 7) is 10.3. The molecule has 0 aromatic carbocycles. The average molecular weight is 439 g/mol. The molecule has 0 aliphatic carbocycles. The van der Waals surface area contributed by atoms with Gasteiger partial charge in [0, 0.05) is 18.0 Å². The third kappa shape index (κ3) is 7.92. The first kappa shape index (κ1) is 21.1. The van der Waals surface area contributed by atoms with E-state index in [0.717, 1.165) is 23.7 Å². The largest absolute Gasteiger partial charge is 0.357 e. The van der Waals surface area contributed by atoms with Crippen molar-refractivity contribution in [2.75, 3.05) is 19.6 Å². The van der Waals surface area contributed by atoms with E-state index in [1.807, 2.05) is 20.8 Å². The minimum atomic E-state index is -0.0602. The van der Waals surface area contributed by atoms with Gasteiger partial charge in [-0.15, -0.1) is 35.3 Å². The summed E-state index contributed by atoms with van der Waals surface area (Å²) in [7, 11) is 0. The zero-order valence-electron chi connectivity index (χ0n) is 13.7. The van der Waals surface area contributed by atoms with Gasteiger partial charge in [0.1, 0.15) is 11.6 Å². The Morgan fingerprint density at radius 1 is 1.23 bits per heavy atom. The van der Waals surface area contributed by atoms with Gasteiger partial charge < -0.3 is 16.0 Å². The Morgan fingerprint density at radius 3 is 2.50 bits per heavy atom. The van der Waals surface area contributed by atoms with Gasteiger partial charge in [-0.2, -0.15) is 0 Å². The van der Waals surface area contributed by atoms with Crippen molar-refractivity contribution in [3.8, 4) is 0 Å². The van der Waals surface area contributed by atoms with Crippen molar-refractivity contribution in [1.29, 1.82) is 0 Å². The van der Waals surface area contributed by atoms with Crippen LogP contribution in [0.15, 0.2) is 4.99 Å². The molecule has 1 heterocycles. The molecule has 3 N–H and O–H groups in total. The zero-order valence-corrected chi connectivity index (χ0v) is 16.8. The van der Waals surface area contributed by atoms with Gasteiger partial charge in [0.15, 0.2) is 5.96 Å². The van der Waals surface area contributed by atoms with E-state index in [1.54, 1.807) is 11.3 Å². The van der Waals surface area contributed by atoms with Crippen LogP contribution in [0.2, 0.25) is 0 Å². The molecule has 22 heavy (non-hydrogen) atoms. The molecule has 1 aromatic rings. The van der Waals surface area contributed by atoms with Gasteiger partial charge in [0.25, 0.3) is 0 Å². The lowest BCUT2D eigenvalue weighted by Crippen LogP contribution is -2.38. The van der Waals surface area contributed by atoms with Crippen molar-refractivity contribution in [2.24, 2.45) is 4.99 Å². The molecule has 0 aliphatic heterocycles. The number of nitrogens with zero attached hydrogens (tertiary/aromatic N) is 2. The van der Waals surface area contributed by atoms with E-state index in [2.05, 4.69) is 32.9 Å². The number of carbonyl (C=O) groups excluding carboxylic acids is 1. The highest BCUT2D eigenvalue weighted by Crippen LogP contribution is 2.15. The lowest BCUT2D eigenvalue weighted by atomic mass is 10.4. The quantitative estimate of drug-likeness (QED) is 0.345. The fourth-order valence-electron chi connectivity index (χ4n) is 1.59. The summed E-state index contributed by atoms with van der Waals surface area (Å²) in [6, 6.07) is 0. The van der Waals surface area contributed by atoms with Crippen molar-refractivity contribution >= 4 is 47.2 Å². The fraction of sp³-hybridized carbons (Fsp3) is 0.643. The minimum Gasteiger partial charge on any atom is -0.357 e. The van der Waals surface area contributed by atoms with Crippen LogP contribution in [-0.4, -0.2) is 36.5 Å². The van der Waals surface area contributed by atoms with Crippen molar-refractivity contribution in [2.45, 2.75) is 40.7 Å². The molecule has 1 amide bonds. The van der Waals surface area contributed by atoms with E-state index in [4.69, 9.17) is 0 Å². The standard InChI is InChI=1S/C14H25N5OS.HI/c1-5-7-16-12(20)8-17-14(15-6-2)18-9-13-19-10(3)11(4)21-13;/h5-9H2,1-4H3,(H,16,20)(H2,15,17,18);1H. The summed E-state index contributed by atoms with van der Waals surface area (Å²) in [4.78, 5) is 21.5. The Hall–Kier alpha value is -0.900. The number of guanidine groups is 1. The lowest BCUT2D eigenvalue weighted by molar-refractivity contribution is -0.119. The number of carbonyl (C=O) groups is 1. The molecular formula is C14H26IN5OS. The Kier molecular flexibility index (Phi) is 11.2. The van der Waals surface area contributed by atoms with Crippen molar-refractivity contribution in [3.05, 3.63) is 15.6 Å². The van der Waals surface area contributed by atoms with E-state index >= 15 is 0 Å². The third-order valence-electron chi connectivity index (χ3n) is 2.78. The predicted octanol–water partition coefficient (Wildman–Crippen LogP) is 1.96. The first-order chi connectivity index (χ1) is 10.1. The van der Waals surface area contributed by atoms with E-state index < -0.39 is 0 Å². The summed E-state index contributed by atoms with van der Waals surface area (Å²) in [5, 5.41) is 10.1. The number of hydrogen-bond acceptors (Lipinski definition) is 4. The maximum Gasteiger partial charge on any atom is 0.241 e. The molecule has 1 aromatic heterocycles. The highest BCUT2D eigenvalue weighted by molar-refractivity contribution is 14.0. The SMILES string of the molecule is CCCNC(=O)CN=C(NCC)NCc1nc(C)c(C)s1.I. The molecule has 0 fully saturated rings. The molecule has 0 spiro atoms. The number of rotatable bonds is 7. The van der Waals surface area contributed by atoms with Crippen LogP contribution in [0.3, 0.4) is 0 Å². The number of aliphatic imine (C=N–C) groups is 1. The Balaban J connectivity index is 0.00000441. The van der Waals surface area contributed by atoms with Crippen LogP contribution >= 0.6 is 35.3 Å². The van der Waals surface area contributed by atoms with Crippen LogP contribution in [0.4, 0.5) is 0 Å². The van der Waals surface area contributed by atoms with Crippen molar-refractivity contribution < 1.29 is 4.79 Å². The smallest absolute Gasteiger partial charge is 0.241 e. The summed E-state index contributed by atoms with van der Waals surface area (Å²) < 4.78 is 0. The number of halogens is 1. The van der Waals surface area contributed by atoms with E-state index in [9.17, 15) is 4.79 Å². The fourth-order valence-corrected chi connectivity index (χ4v) is 2.46. The number of amides is 1. The third-order valence-corrected chi connectivity index (χ3v) is 3.85. The molecule has 8 heteroatoms. The second kappa shape index (κ2) is 11.6. The molecule has 1 rings (SSSR count). The van der Waals surface area contributed by atoms with Gasteiger partial charge in [-0.25, -0.2) is 9.98 Å². The molecule has 0 atom stereocenters. The van der Waals surface area contributed by atoms with E-state index in [0.29, 0.717) is 19.0 Å². The van der Waals surface area contributed by atoms with Crippen LogP contribution in [0.5, 0.6) is 0 Å². The Morgan fingerprint density at radius 2 is 1.95 bits per heavy atom. The molecule has 0 saturated carbocycles. The minimum absolute atomic E-state index is 0. The van der Waals surface area contributed by atoms with Crippen LogP contribution in [0.25, 0.3) is 0 Å². The number of thiazole rings is 1. The monoisotopic (exact) mass is 439 g/mol. The van der Waals surface area contributed by atoms with Crippen molar-refractivity contribution in [1.82, 2.24) is 20.9 Å².